The van der Waals surface area contributed by atoms with Crippen molar-refractivity contribution in [3.63, 3.8) is 0 Å². The molecule has 10 nitrogen and oxygen atoms in total. The molecule has 0 saturated heterocycles. The highest BCUT2D eigenvalue weighted by Crippen LogP contribution is 2.31. The van der Waals surface area contributed by atoms with E-state index in [0.29, 0.717) is 5.69 Å². The van der Waals surface area contributed by atoms with Crippen LogP contribution in [0.1, 0.15) is 0 Å². The van der Waals surface area contributed by atoms with Crippen molar-refractivity contribution < 1.29 is 19.2 Å². The second-order valence-electron chi connectivity index (χ2n) is 6.63. The van der Waals surface area contributed by atoms with Crippen LogP contribution in [0.4, 0.5) is 28.7 Å². The van der Waals surface area contributed by atoms with Crippen molar-refractivity contribution in [2.45, 2.75) is 0 Å². The molecule has 0 unspecified atom stereocenters. The number of carbonyl (C=O) groups excluding carboxylic acids is 2. The van der Waals surface area contributed by atoms with Gasteiger partial charge in [-0.25, -0.2) is 0 Å². The predicted molar refractivity (Wildman–Crippen MR) is 114 cm³/mol. The Balaban J connectivity index is 1.43. The zero-order chi connectivity index (χ0) is 21.8. The van der Waals surface area contributed by atoms with E-state index >= 15 is 0 Å². The highest BCUT2D eigenvalue weighted by molar-refractivity contribution is 6.04. The van der Waals surface area contributed by atoms with Crippen LogP contribution in [0.5, 0.6) is 5.75 Å². The minimum atomic E-state index is -0.678. The first-order valence-corrected chi connectivity index (χ1v) is 9.30. The fourth-order valence-electron chi connectivity index (χ4n) is 3.00. The van der Waals surface area contributed by atoms with Crippen LogP contribution in [0, 0.1) is 10.1 Å². The average molecular weight is 419 g/mol. The van der Waals surface area contributed by atoms with Crippen LogP contribution < -0.4 is 20.3 Å². The van der Waals surface area contributed by atoms with Crippen molar-refractivity contribution in [2.75, 3.05) is 28.7 Å². The number of benzene rings is 2. The van der Waals surface area contributed by atoms with Gasteiger partial charge < -0.3 is 25.5 Å². The number of fused-ring (bicyclic) bond motifs is 1. The van der Waals surface area contributed by atoms with Crippen molar-refractivity contribution >= 4 is 40.5 Å². The first-order chi connectivity index (χ1) is 15.0. The molecule has 0 fully saturated rings. The Labute approximate surface area is 176 Å². The largest absolute Gasteiger partial charge is 0.477 e. The molecule has 0 bridgehead atoms. The lowest BCUT2D eigenvalue weighted by Gasteiger charge is -2.24. The third-order valence-corrected chi connectivity index (χ3v) is 4.45. The normalized spacial score (nSPS) is 12.5. The molecule has 31 heavy (non-hydrogen) atoms. The van der Waals surface area contributed by atoms with Crippen LogP contribution in [-0.2, 0) is 9.59 Å². The first-order valence-electron chi connectivity index (χ1n) is 9.30. The van der Waals surface area contributed by atoms with E-state index in [4.69, 9.17) is 4.74 Å². The number of aromatic nitrogens is 1. The zero-order valence-electron chi connectivity index (χ0n) is 16.1. The zero-order valence-corrected chi connectivity index (χ0v) is 16.1. The number of para-hydroxylation sites is 1. The monoisotopic (exact) mass is 419 g/mol. The number of rotatable bonds is 6. The Morgan fingerprint density at radius 1 is 1.03 bits per heavy atom. The maximum absolute atomic E-state index is 12.5. The van der Waals surface area contributed by atoms with Crippen molar-refractivity contribution in [2.24, 2.45) is 0 Å². The van der Waals surface area contributed by atoms with Crippen LogP contribution >= 0.6 is 0 Å². The topological polar surface area (TPSA) is 127 Å². The van der Waals surface area contributed by atoms with Gasteiger partial charge in [0, 0.05) is 23.1 Å². The Morgan fingerprint density at radius 3 is 2.42 bits per heavy atom. The quantitative estimate of drug-likeness (QED) is 0.464. The Bertz CT molecular complexity index is 1130. The highest BCUT2D eigenvalue weighted by atomic mass is 16.6. The molecule has 1 aromatic heterocycles. The number of nitrogens with zero attached hydrogens (tertiary/aromatic N) is 3. The summed E-state index contributed by atoms with van der Waals surface area (Å²) in [6, 6.07) is 19.2. The second kappa shape index (κ2) is 8.49. The van der Waals surface area contributed by atoms with Crippen LogP contribution in [0.15, 0.2) is 66.7 Å². The Kier molecular flexibility index (Phi) is 5.43. The van der Waals surface area contributed by atoms with Crippen LogP contribution in [0.3, 0.4) is 0 Å². The standard InChI is InChI=1S/C21H17N5O5/c27-19(23-16-8-6-15(7-9-16)22-14-4-2-1-3-5-14)12-25-20(28)13-31-17-10-11-18(26(29)30)24-21(17)25/h1-11,22H,12-13H2,(H,23,27). The smallest absolute Gasteiger partial charge is 0.366 e. The maximum Gasteiger partial charge on any atom is 0.366 e. The van der Waals surface area contributed by atoms with Gasteiger partial charge >= 0.3 is 5.82 Å². The average Bonchev–Trinajstić information content (AvgIpc) is 2.77. The molecule has 1 aliphatic rings. The summed E-state index contributed by atoms with van der Waals surface area (Å²) in [5.41, 5.74) is 2.32. The molecule has 2 N–H and O–H groups in total. The van der Waals surface area contributed by atoms with Gasteiger partial charge in [-0.05, 0) is 52.4 Å². The molecule has 0 spiro atoms. The molecule has 2 aromatic carbocycles. The van der Waals surface area contributed by atoms with Gasteiger partial charge in [0.2, 0.25) is 5.91 Å². The summed E-state index contributed by atoms with van der Waals surface area (Å²) in [4.78, 5) is 40.0. The summed E-state index contributed by atoms with van der Waals surface area (Å²) < 4.78 is 5.25. The highest BCUT2D eigenvalue weighted by Gasteiger charge is 2.33. The van der Waals surface area contributed by atoms with Gasteiger partial charge in [0.05, 0.1) is 0 Å². The maximum atomic E-state index is 12.5. The molecule has 0 aliphatic carbocycles. The number of anilines is 4. The Hall–Kier alpha value is -4.47. The SMILES string of the molecule is O=C(CN1C(=O)COc2ccc([N+](=O)[O-])nc21)Nc1ccc(Nc2ccccc2)cc1. The number of hydrogen-bond donors (Lipinski definition) is 2. The number of ether oxygens (including phenoxy) is 1. The number of hydrogen-bond acceptors (Lipinski definition) is 7. The summed E-state index contributed by atoms with van der Waals surface area (Å²) in [5, 5.41) is 16.9. The lowest BCUT2D eigenvalue weighted by Crippen LogP contribution is -2.44. The van der Waals surface area contributed by atoms with Gasteiger partial charge in [0.25, 0.3) is 11.7 Å². The molecule has 4 rings (SSSR count). The third-order valence-electron chi connectivity index (χ3n) is 4.45. The molecular formula is C21H17N5O5. The van der Waals surface area contributed by atoms with E-state index in [9.17, 15) is 19.7 Å². The van der Waals surface area contributed by atoms with E-state index in [0.717, 1.165) is 16.3 Å². The summed E-state index contributed by atoms with van der Waals surface area (Å²) in [7, 11) is 0. The van der Waals surface area contributed by atoms with Gasteiger partial charge in [-0.1, -0.05) is 18.2 Å². The number of amides is 2. The van der Waals surface area contributed by atoms with E-state index in [1.54, 1.807) is 12.1 Å². The Morgan fingerprint density at radius 2 is 1.71 bits per heavy atom. The number of carbonyl (C=O) groups is 2. The number of nitro groups is 1. The van der Waals surface area contributed by atoms with Crippen LogP contribution in [0.2, 0.25) is 0 Å². The van der Waals surface area contributed by atoms with Gasteiger partial charge in [-0.15, -0.1) is 0 Å². The molecule has 156 valence electrons. The predicted octanol–water partition coefficient (Wildman–Crippen LogP) is 3.10. The van der Waals surface area contributed by atoms with Crippen LogP contribution in [-0.4, -0.2) is 34.9 Å². The van der Waals surface area contributed by atoms with E-state index in [2.05, 4.69) is 15.6 Å². The van der Waals surface area contributed by atoms with E-state index in [1.807, 2.05) is 42.5 Å². The molecule has 1 aliphatic heterocycles. The minimum absolute atomic E-state index is 0.0528. The summed E-state index contributed by atoms with van der Waals surface area (Å²) in [6.45, 7) is -0.632. The van der Waals surface area contributed by atoms with Gasteiger partial charge in [0.1, 0.15) is 6.54 Å². The van der Waals surface area contributed by atoms with Gasteiger partial charge in [-0.3, -0.25) is 14.5 Å². The molecular weight excluding hydrogens is 402 g/mol. The number of nitrogens with one attached hydrogen (secondary N) is 2. The van der Waals surface area contributed by atoms with Crippen molar-refractivity contribution in [1.82, 2.24) is 4.98 Å². The van der Waals surface area contributed by atoms with Crippen molar-refractivity contribution in [1.29, 1.82) is 0 Å². The van der Waals surface area contributed by atoms with E-state index < -0.39 is 22.6 Å². The van der Waals surface area contributed by atoms with Crippen molar-refractivity contribution in [3.8, 4) is 5.75 Å². The molecule has 2 heterocycles. The van der Waals surface area contributed by atoms with Crippen molar-refractivity contribution in [3.05, 3.63) is 76.8 Å². The number of pyridine rings is 1. The minimum Gasteiger partial charge on any atom is -0.477 e. The lowest BCUT2D eigenvalue weighted by atomic mass is 10.2. The summed E-state index contributed by atoms with van der Waals surface area (Å²) in [6.07, 6.45) is 0. The molecule has 0 atom stereocenters. The summed E-state index contributed by atoms with van der Waals surface area (Å²) in [5.74, 6) is -1.28. The van der Waals surface area contributed by atoms with Gasteiger partial charge in [0.15, 0.2) is 12.4 Å². The fourth-order valence-corrected chi connectivity index (χ4v) is 3.00. The molecule has 3 aromatic rings. The molecule has 10 heteroatoms. The van der Waals surface area contributed by atoms with Gasteiger partial charge in [-0.2, -0.15) is 0 Å². The van der Waals surface area contributed by atoms with E-state index in [-0.39, 0.29) is 24.7 Å². The molecule has 0 saturated carbocycles. The fraction of sp³-hybridized carbons (Fsp3) is 0.0952. The summed E-state index contributed by atoms with van der Waals surface area (Å²) >= 11 is 0. The van der Waals surface area contributed by atoms with Crippen LogP contribution in [0.25, 0.3) is 0 Å². The third kappa shape index (κ3) is 4.58. The first kappa shape index (κ1) is 19.8. The molecule has 2 amide bonds. The molecule has 0 radical (unpaired) electrons. The van der Waals surface area contributed by atoms with E-state index in [1.165, 1.54) is 12.1 Å². The second-order valence-corrected chi connectivity index (χ2v) is 6.63. The lowest BCUT2D eigenvalue weighted by molar-refractivity contribution is -0.389.